The first-order valence-electron chi connectivity index (χ1n) is 8.97. The third-order valence-corrected chi connectivity index (χ3v) is 4.66. The maximum atomic E-state index is 12.7. The summed E-state index contributed by atoms with van der Waals surface area (Å²) in [5, 5.41) is 3.00. The highest BCUT2D eigenvalue weighted by atomic mass is 16.2. The summed E-state index contributed by atoms with van der Waals surface area (Å²) in [7, 11) is 0. The quantitative estimate of drug-likeness (QED) is 0.867. The van der Waals surface area contributed by atoms with E-state index in [1.54, 1.807) is 12.1 Å². The molecule has 0 saturated heterocycles. The predicted molar refractivity (Wildman–Crippen MR) is 104 cm³/mol. The van der Waals surface area contributed by atoms with E-state index in [9.17, 15) is 9.59 Å². The van der Waals surface area contributed by atoms with Gasteiger partial charge < -0.3 is 16.0 Å². The van der Waals surface area contributed by atoms with Gasteiger partial charge in [-0.15, -0.1) is 0 Å². The molecule has 0 radical (unpaired) electrons. The summed E-state index contributed by atoms with van der Waals surface area (Å²) >= 11 is 0. The Morgan fingerprint density at radius 2 is 1.96 bits per heavy atom. The van der Waals surface area contributed by atoms with Crippen LogP contribution >= 0.6 is 0 Å². The van der Waals surface area contributed by atoms with Crippen LogP contribution in [-0.2, 0) is 11.3 Å². The molecule has 3 N–H and O–H groups in total. The molecule has 1 aliphatic heterocycles. The Balaban J connectivity index is 1.98. The van der Waals surface area contributed by atoms with Crippen LogP contribution in [0.1, 0.15) is 36.2 Å². The molecule has 1 atom stereocenters. The van der Waals surface area contributed by atoms with Crippen molar-refractivity contribution >= 4 is 23.2 Å². The maximum absolute atomic E-state index is 12.7. The van der Waals surface area contributed by atoms with E-state index in [1.807, 2.05) is 24.3 Å². The van der Waals surface area contributed by atoms with Crippen LogP contribution in [0.5, 0.6) is 0 Å². The molecule has 0 fully saturated rings. The van der Waals surface area contributed by atoms with Crippen LogP contribution < -0.4 is 16.0 Å². The van der Waals surface area contributed by atoms with Crippen molar-refractivity contribution < 1.29 is 9.59 Å². The van der Waals surface area contributed by atoms with Gasteiger partial charge in [-0.25, -0.2) is 0 Å². The van der Waals surface area contributed by atoms with Crippen molar-refractivity contribution in [3.05, 3.63) is 59.7 Å². The molecule has 1 heterocycles. The highest BCUT2D eigenvalue weighted by Crippen LogP contribution is 2.33. The standard InChI is InChI=1S/C21H25N3O2/c1-14(2)10-17-13-24(12-15-6-4-3-5-7-15)19-9-8-16(20(22)25)11-18(19)23-21(17)26/h3-9,11,14,17H,10,12-13H2,1-2H3,(H2,22,25)(H,23,26). The molecule has 0 aliphatic carbocycles. The van der Waals surface area contributed by atoms with Gasteiger partial charge in [-0.05, 0) is 36.1 Å². The Morgan fingerprint density at radius 3 is 2.62 bits per heavy atom. The fourth-order valence-electron chi connectivity index (χ4n) is 3.45. The second-order valence-electron chi connectivity index (χ2n) is 7.28. The number of hydrogen-bond acceptors (Lipinski definition) is 3. The topological polar surface area (TPSA) is 75.4 Å². The van der Waals surface area contributed by atoms with E-state index in [0.29, 0.717) is 30.3 Å². The van der Waals surface area contributed by atoms with Gasteiger partial charge in [-0.3, -0.25) is 9.59 Å². The zero-order valence-electron chi connectivity index (χ0n) is 15.2. The fourth-order valence-corrected chi connectivity index (χ4v) is 3.45. The van der Waals surface area contributed by atoms with E-state index in [0.717, 1.165) is 12.1 Å². The van der Waals surface area contributed by atoms with E-state index < -0.39 is 5.91 Å². The number of rotatable bonds is 5. The second-order valence-corrected chi connectivity index (χ2v) is 7.28. The number of benzene rings is 2. The lowest BCUT2D eigenvalue weighted by Crippen LogP contribution is -2.33. The molecule has 5 nitrogen and oxygen atoms in total. The van der Waals surface area contributed by atoms with E-state index in [2.05, 4.69) is 36.2 Å². The molecule has 0 spiro atoms. The summed E-state index contributed by atoms with van der Waals surface area (Å²) in [6, 6.07) is 15.4. The molecular formula is C21H25N3O2. The lowest BCUT2D eigenvalue weighted by atomic mass is 9.96. The minimum absolute atomic E-state index is 0.00266. The molecule has 5 heteroatoms. The van der Waals surface area contributed by atoms with E-state index in [-0.39, 0.29) is 11.8 Å². The van der Waals surface area contributed by atoms with E-state index in [4.69, 9.17) is 5.73 Å². The summed E-state index contributed by atoms with van der Waals surface area (Å²) < 4.78 is 0. The number of carbonyl (C=O) groups excluding carboxylic acids is 2. The molecule has 0 aromatic heterocycles. The third-order valence-electron chi connectivity index (χ3n) is 4.66. The highest BCUT2D eigenvalue weighted by molar-refractivity contribution is 6.01. The van der Waals surface area contributed by atoms with Crippen LogP contribution in [0.25, 0.3) is 0 Å². The van der Waals surface area contributed by atoms with Crippen molar-refractivity contribution in [2.75, 3.05) is 16.8 Å². The summed E-state index contributed by atoms with van der Waals surface area (Å²) in [4.78, 5) is 26.5. The zero-order chi connectivity index (χ0) is 18.7. The first-order valence-corrected chi connectivity index (χ1v) is 8.97. The molecule has 0 saturated carbocycles. The van der Waals surface area contributed by atoms with Crippen LogP contribution in [0.3, 0.4) is 0 Å². The van der Waals surface area contributed by atoms with Gasteiger partial charge >= 0.3 is 0 Å². The average Bonchev–Trinajstić information content (AvgIpc) is 2.72. The van der Waals surface area contributed by atoms with Gasteiger partial charge in [0, 0.05) is 18.7 Å². The first kappa shape index (κ1) is 18.0. The van der Waals surface area contributed by atoms with E-state index in [1.165, 1.54) is 5.56 Å². The molecule has 136 valence electrons. The van der Waals surface area contributed by atoms with Crippen molar-refractivity contribution in [3.63, 3.8) is 0 Å². The highest BCUT2D eigenvalue weighted by Gasteiger charge is 2.29. The lowest BCUT2D eigenvalue weighted by molar-refractivity contribution is -0.120. The molecule has 2 amide bonds. The fraction of sp³-hybridized carbons (Fsp3) is 0.333. The molecule has 1 unspecified atom stereocenters. The Hall–Kier alpha value is -2.82. The van der Waals surface area contributed by atoms with Gasteiger partial charge in [0.25, 0.3) is 0 Å². The molecule has 1 aliphatic rings. The van der Waals surface area contributed by atoms with Gasteiger partial charge in [0.1, 0.15) is 0 Å². The Morgan fingerprint density at radius 1 is 1.23 bits per heavy atom. The molecule has 26 heavy (non-hydrogen) atoms. The monoisotopic (exact) mass is 351 g/mol. The van der Waals surface area contributed by atoms with Crippen molar-refractivity contribution in [2.24, 2.45) is 17.6 Å². The van der Waals surface area contributed by atoms with Gasteiger partial charge in [-0.2, -0.15) is 0 Å². The second kappa shape index (κ2) is 7.60. The summed E-state index contributed by atoms with van der Waals surface area (Å²) in [5.74, 6) is -0.188. The Labute approximate surface area is 154 Å². The van der Waals surface area contributed by atoms with Crippen LogP contribution in [0, 0.1) is 11.8 Å². The van der Waals surface area contributed by atoms with Gasteiger partial charge in [0.2, 0.25) is 11.8 Å². The third kappa shape index (κ3) is 4.04. The smallest absolute Gasteiger partial charge is 0.248 e. The lowest BCUT2D eigenvalue weighted by Gasteiger charge is -2.27. The number of nitrogens with zero attached hydrogens (tertiary/aromatic N) is 1. The number of nitrogens with two attached hydrogens (primary N) is 1. The van der Waals surface area contributed by atoms with Crippen LogP contribution in [-0.4, -0.2) is 18.4 Å². The van der Waals surface area contributed by atoms with Gasteiger partial charge in [-0.1, -0.05) is 44.2 Å². The first-order chi connectivity index (χ1) is 12.4. The summed E-state index contributed by atoms with van der Waals surface area (Å²) in [6.07, 6.45) is 0.813. The number of hydrogen-bond donors (Lipinski definition) is 2. The van der Waals surface area contributed by atoms with Crippen molar-refractivity contribution in [2.45, 2.75) is 26.8 Å². The summed E-state index contributed by atoms with van der Waals surface area (Å²) in [5.41, 5.74) is 8.54. The molecule has 2 aromatic carbocycles. The van der Waals surface area contributed by atoms with E-state index >= 15 is 0 Å². The Kier molecular flexibility index (Phi) is 5.26. The number of nitrogens with one attached hydrogen (secondary N) is 1. The number of carbonyl (C=O) groups is 2. The molecule has 3 rings (SSSR count). The average molecular weight is 351 g/mol. The predicted octanol–water partition coefficient (Wildman–Crippen LogP) is 3.41. The van der Waals surface area contributed by atoms with Gasteiger partial charge in [0.15, 0.2) is 0 Å². The summed E-state index contributed by atoms with van der Waals surface area (Å²) in [6.45, 7) is 5.59. The van der Waals surface area contributed by atoms with Crippen LogP contribution in [0.15, 0.2) is 48.5 Å². The van der Waals surface area contributed by atoms with Crippen molar-refractivity contribution in [1.29, 1.82) is 0 Å². The SMILES string of the molecule is CC(C)CC1CN(Cc2ccccc2)c2ccc(C(N)=O)cc2NC1=O. The maximum Gasteiger partial charge on any atom is 0.248 e. The Bertz CT molecular complexity index is 802. The van der Waals surface area contributed by atoms with Crippen LogP contribution in [0.2, 0.25) is 0 Å². The number of anilines is 2. The molecule has 2 aromatic rings. The van der Waals surface area contributed by atoms with Crippen LogP contribution in [0.4, 0.5) is 11.4 Å². The number of amides is 2. The molecular weight excluding hydrogens is 326 g/mol. The molecule has 0 bridgehead atoms. The van der Waals surface area contributed by atoms with Crippen molar-refractivity contribution in [1.82, 2.24) is 0 Å². The number of primary amides is 1. The minimum atomic E-state index is -0.500. The minimum Gasteiger partial charge on any atom is -0.366 e. The largest absolute Gasteiger partial charge is 0.366 e. The zero-order valence-corrected chi connectivity index (χ0v) is 15.2. The normalized spacial score (nSPS) is 16.8. The number of fused-ring (bicyclic) bond motifs is 1. The van der Waals surface area contributed by atoms with Crippen molar-refractivity contribution in [3.8, 4) is 0 Å². The van der Waals surface area contributed by atoms with Gasteiger partial charge in [0.05, 0.1) is 17.3 Å².